The second kappa shape index (κ2) is 23.6. The van der Waals surface area contributed by atoms with Gasteiger partial charge in [0.2, 0.25) is 11.8 Å². The number of nitrogens with zero attached hydrogens (tertiary/aromatic N) is 3. The van der Waals surface area contributed by atoms with Crippen molar-refractivity contribution in [2.24, 2.45) is 46.3 Å². The van der Waals surface area contributed by atoms with Crippen LogP contribution in [0.2, 0.25) is 0 Å². The first-order chi connectivity index (χ1) is 30.7. The van der Waals surface area contributed by atoms with E-state index in [-0.39, 0.29) is 105 Å². The molecule has 0 aromatic rings. The Morgan fingerprint density at radius 2 is 1.35 bits per heavy atom. The van der Waals surface area contributed by atoms with E-state index in [0.717, 1.165) is 24.2 Å². The minimum atomic E-state index is -4.19. The number of carboxylic acid groups (broad SMARTS) is 4. The molecular weight excluding hydrogens is 891 g/mol. The standard InChI is InChI=1S/C43H73N5O17S/c1-25(4-8-34(51)44-12-17-66(63,64)65)28-5-6-29-40-30(20-33(50)43(28,29)3)42(2)11-10-27(18-26(42)19-32(40)49)45-35(52)9-7-31(41(61)62)48(15-13-46(21-36(53)54)22-37(55)56)16-14-47(23-38(57)58)24-39(59)60/h25-33,36,40,49-50,53-54H,4-24H2,1-3H3,(H,44,51)(H,45,52)(H,55,56)(H,57,58)(H,59,60)(H,61,62)(H,63,64,65)/t25?,26?,27-,28+,29?,30?,31+,32+,33-,40?,42-,43+/m0/s1. The van der Waals surface area contributed by atoms with E-state index in [2.05, 4.69) is 31.4 Å². The third-order valence-corrected chi connectivity index (χ3v) is 16.4. The molecule has 11 N–H and O–H groups in total. The molecule has 4 rings (SSSR count). The summed E-state index contributed by atoms with van der Waals surface area (Å²) in [5.74, 6) is -6.32. The molecule has 22 nitrogen and oxygen atoms in total. The summed E-state index contributed by atoms with van der Waals surface area (Å²) in [5.41, 5.74) is -0.723. The van der Waals surface area contributed by atoms with Crippen molar-refractivity contribution in [3.63, 3.8) is 0 Å². The number of carboxylic acids is 4. The van der Waals surface area contributed by atoms with Gasteiger partial charge >= 0.3 is 23.9 Å². The van der Waals surface area contributed by atoms with Crippen molar-refractivity contribution in [2.45, 2.75) is 122 Å². The molecule has 66 heavy (non-hydrogen) atoms. The van der Waals surface area contributed by atoms with E-state index in [1.165, 1.54) is 9.80 Å². The molecular formula is C43H73N5O17S. The van der Waals surface area contributed by atoms with Crippen LogP contribution in [0.4, 0.5) is 0 Å². The van der Waals surface area contributed by atoms with Gasteiger partial charge in [0.15, 0.2) is 6.29 Å². The van der Waals surface area contributed by atoms with Gasteiger partial charge in [-0.2, -0.15) is 8.42 Å². The van der Waals surface area contributed by atoms with Crippen LogP contribution in [0, 0.1) is 46.3 Å². The first-order valence-corrected chi connectivity index (χ1v) is 24.7. The maximum Gasteiger partial charge on any atom is 0.320 e. The fraction of sp³-hybridized carbons (Fsp3) is 0.860. The summed E-state index contributed by atoms with van der Waals surface area (Å²) in [7, 11) is -4.19. The molecule has 4 aliphatic rings. The second-order valence-electron chi connectivity index (χ2n) is 19.8. The van der Waals surface area contributed by atoms with Crippen LogP contribution in [0.3, 0.4) is 0 Å². The fourth-order valence-corrected chi connectivity index (χ4v) is 12.9. The van der Waals surface area contributed by atoms with E-state index in [4.69, 9.17) is 4.55 Å². The minimum absolute atomic E-state index is 0.0211. The number of carbonyl (C=O) groups is 6. The molecule has 0 spiro atoms. The van der Waals surface area contributed by atoms with E-state index < -0.39 is 102 Å². The van der Waals surface area contributed by atoms with Crippen molar-refractivity contribution >= 4 is 45.8 Å². The Labute approximate surface area is 385 Å². The molecule has 4 saturated carbocycles. The first-order valence-electron chi connectivity index (χ1n) is 23.0. The lowest BCUT2D eigenvalue weighted by Gasteiger charge is -2.63. The average molecular weight is 964 g/mol. The quantitative estimate of drug-likeness (QED) is 0.0354. The summed E-state index contributed by atoms with van der Waals surface area (Å²) in [5, 5.41) is 86.9. The average Bonchev–Trinajstić information content (AvgIpc) is 3.55. The maximum absolute atomic E-state index is 13.5. The SMILES string of the molecule is CC(CCC(=O)NCCS(=O)(=O)O)[C@H]1CCC2C3C(C[C@H](O)[C@@]21C)[C@@]1(C)CC[C@H](NC(=O)CC[C@H](C(=O)O)N(CCN(CC(=O)O)CC(=O)O)CCN(CC(=O)O)CC(O)O)CC1C[C@H]3O. The highest BCUT2D eigenvalue weighted by molar-refractivity contribution is 7.85. The molecule has 0 heterocycles. The van der Waals surface area contributed by atoms with E-state index in [0.29, 0.717) is 32.1 Å². The molecule has 0 aromatic carbocycles. The van der Waals surface area contributed by atoms with Gasteiger partial charge in [-0.05, 0) is 104 Å². The van der Waals surface area contributed by atoms with Crippen LogP contribution in [-0.2, 0) is 38.9 Å². The van der Waals surface area contributed by atoms with Gasteiger partial charge in [-0.1, -0.05) is 20.8 Å². The monoisotopic (exact) mass is 963 g/mol. The zero-order valence-corrected chi connectivity index (χ0v) is 39.1. The number of fused-ring (bicyclic) bond motifs is 5. The highest BCUT2D eigenvalue weighted by Crippen LogP contribution is 2.68. The van der Waals surface area contributed by atoms with Crippen LogP contribution < -0.4 is 10.6 Å². The molecule has 0 aliphatic heterocycles. The number of nitrogens with one attached hydrogen (secondary N) is 2. The molecule has 0 aromatic heterocycles. The predicted molar refractivity (Wildman–Crippen MR) is 234 cm³/mol. The van der Waals surface area contributed by atoms with Crippen molar-refractivity contribution in [3.05, 3.63) is 0 Å². The van der Waals surface area contributed by atoms with Crippen LogP contribution in [0.1, 0.15) is 91.4 Å². The van der Waals surface area contributed by atoms with Crippen LogP contribution in [0.25, 0.3) is 0 Å². The molecule has 378 valence electrons. The van der Waals surface area contributed by atoms with Crippen molar-refractivity contribution in [3.8, 4) is 0 Å². The smallest absolute Gasteiger partial charge is 0.320 e. The van der Waals surface area contributed by atoms with Crippen LogP contribution in [0.15, 0.2) is 0 Å². The van der Waals surface area contributed by atoms with Gasteiger partial charge in [0.25, 0.3) is 10.1 Å². The first kappa shape index (κ1) is 55.0. The molecule has 5 unspecified atom stereocenters. The van der Waals surface area contributed by atoms with Crippen LogP contribution in [0.5, 0.6) is 0 Å². The Hall–Kier alpha value is -3.55. The highest BCUT2D eigenvalue weighted by atomic mass is 32.2. The van der Waals surface area contributed by atoms with E-state index in [1.54, 1.807) is 0 Å². The van der Waals surface area contributed by atoms with Crippen LogP contribution in [-0.4, -0.2) is 199 Å². The third kappa shape index (κ3) is 14.7. The van der Waals surface area contributed by atoms with E-state index in [9.17, 15) is 78.0 Å². The molecule has 2 amide bonds. The number of rotatable bonds is 27. The lowest BCUT2D eigenvalue weighted by molar-refractivity contribution is -0.202. The number of aliphatic carboxylic acids is 4. The summed E-state index contributed by atoms with van der Waals surface area (Å²) in [6.07, 6.45) is 1.66. The maximum atomic E-state index is 13.5. The van der Waals surface area contributed by atoms with Gasteiger partial charge in [-0.3, -0.25) is 48.0 Å². The topological polar surface area (TPSA) is 352 Å². The normalized spacial score (nSPS) is 30.6. The van der Waals surface area contributed by atoms with Gasteiger partial charge in [-0.15, -0.1) is 0 Å². The van der Waals surface area contributed by atoms with Gasteiger partial charge in [0.05, 0.1) is 37.6 Å². The zero-order valence-electron chi connectivity index (χ0n) is 38.2. The van der Waals surface area contributed by atoms with Gasteiger partial charge in [0.1, 0.15) is 6.04 Å². The minimum Gasteiger partial charge on any atom is -0.480 e. The number of hydrogen-bond acceptors (Lipinski definition) is 15. The summed E-state index contributed by atoms with van der Waals surface area (Å²) < 4.78 is 31.0. The second-order valence-corrected chi connectivity index (χ2v) is 21.4. The Balaban J connectivity index is 1.39. The van der Waals surface area contributed by atoms with Gasteiger partial charge < -0.3 is 51.5 Å². The predicted octanol–water partition coefficient (Wildman–Crippen LogP) is -0.804. The number of hydrogen-bond donors (Lipinski definition) is 11. The Morgan fingerprint density at radius 1 is 0.758 bits per heavy atom. The number of amides is 2. The molecule has 12 atom stereocenters. The van der Waals surface area contributed by atoms with Crippen LogP contribution >= 0.6 is 0 Å². The summed E-state index contributed by atoms with van der Waals surface area (Å²) in [6, 6.07) is -1.61. The summed E-state index contributed by atoms with van der Waals surface area (Å²) in [6.45, 7) is 3.16. The molecule has 23 heteroatoms. The number of carbonyl (C=O) groups excluding carboxylic acids is 2. The Bertz CT molecular complexity index is 1810. The summed E-state index contributed by atoms with van der Waals surface area (Å²) >= 11 is 0. The molecule has 0 bridgehead atoms. The lowest BCUT2D eigenvalue weighted by Crippen LogP contribution is -2.63. The van der Waals surface area contributed by atoms with Crippen molar-refractivity contribution < 1.29 is 82.6 Å². The third-order valence-electron chi connectivity index (χ3n) is 15.7. The van der Waals surface area contributed by atoms with Crippen molar-refractivity contribution in [1.82, 2.24) is 25.3 Å². The highest BCUT2D eigenvalue weighted by Gasteiger charge is 2.65. The summed E-state index contributed by atoms with van der Waals surface area (Å²) in [4.78, 5) is 76.7. The zero-order chi connectivity index (χ0) is 49.3. The molecule has 4 fully saturated rings. The van der Waals surface area contributed by atoms with Gasteiger partial charge in [-0.25, -0.2) is 0 Å². The molecule has 4 aliphatic carbocycles. The van der Waals surface area contributed by atoms with E-state index >= 15 is 0 Å². The Morgan fingerprint density at radius 3 is 1.92 bits per heavy atom. The van der Waals surface area contributed by atoms with Gasteiger partial charge in [0, 0.05) is 58.2 Å². The number of aliphatic hydroxyl groups is 4. The van der Waals surface area contributed by atoms with Crippen molar-refractivity contribution in [2.75, 3.05) is 64.7 Å². The Kier molecular flexibility index (Phi) is 19.7. The lowest BCUT2D eigenvalue weighted by atomic mass is 9.43. The van der Waals surface area contributed by atoms with E-state index in [1.807, 2.05) is 0 Å². The largest absolute Gasteiger partial charge is 0.480 e. The molecule has 0 radical (unpaired) electrons. The molecule has 0 saturated heterocycles. The van der Waals surface area contributed by atoms with Crippen molar-refractivity contribution in [1.29, 1.82) is 0 Å². The number of aliphatic hydroxyl groups excluding tert-OH is 3. The fourth-order valence-electron chi connectivity index (χ4n) is 12.5.